The number of nitrogens with zero attached hydrogens (tertiary/aromatic N) is 2. The van der Waals surface area contributed by atoms with E-state index in [-0.39, 0.29) is 24.8 Å². The number of hydrogen-bond donors (Lipinski definition) is 1. The number of carbonyl (C=O) groups excluding carboxylic acids is 1. The fourth-order valence-electron chi connectivity index (χ4n) is 3.54. The fraction of sp³-hybridized carbons (Fsp3) is 0.632. The van der Waals surface area contributed by atoms with E-state index in [9.17, 15) is 4.79 Å². The largest absolute Gasteiger partial charge is 0.494 e. The molecule has 1 N–H and O–H groups in total. The molecule has 3 rings (SSSR count). The summed E-state index contributed by atoms with van der Waals surface area (Å²) in [4.78, 5) is 16.8. The maximum atomic E-state index is 12.4. The van der Waals surface area contributed by atoms with Gasteiger partial charge in [0.15, 0.2) is 0 Å². The van der Waals surface area contributed by atoms with Crippen LogP contribution in [0, 0.1) is 0 Å². The lowest BCUT2D eigenvalue weighted by molar-refractivity contribution is -0.133. The molecule has 1 atom stereocenters. The Labute approximate surface area is 169 Å². The average Bonchev–Trinajstić information content (AvgIpc) is 3.10. The van der Waals surface area contributed by atoms with Gasteiger partial charge in [0.1, 0.15) is 5.75 Å². The van der Waals surface area contributed by atoms with Gasteiger partial charge < -0.3 is 15.0 Å². The third-order valence-electron chi connectivity index (χ3n) is 4.95. The van der Waals surface area contributed by atoms with Gasteiger partial charge in [0.05, 0.1) is 6.61 Å². The second kappa shape index (κ2) is 11.7. The summed E-state index contributed by atoms with van der Waals surface area (Å²) in [6.45, 7) is 8.31. The van der Waals surface area contributed by atoms with Crippen molar-refractivity contribution in [2.75, 3.05) is 39.3 Å². The number of nitrogens with one attached hydrogen (secondary N) is 1. The van der Waals surface area contributed by atoms with Crippen molar-refractivity contribution in [1.29, 1.82) is 0 Å². The summed E-state index contributed by atoms with van der Waals surface area (Å²) in [5.74, 6) is 1.24. The average molecular weight is 404 g/mol. The van der Waals surface area contributed by atoms with E-state index in [2.05, 4.69) is 22.3 Å². The fourth-order valence-corrected chi connectivity index (χ4v) is 3.54. The number of ether oxygens (including phenoxy) is 1. The van der Waals surface area contributed by atoms with Crippen molar-refractivity contribution in [1.82, 2.24) is 15.1 Å². The van der Waals surface area contributed by atoms with E-state index < -0.39 is 0 Å². The Balaban J connectivity index is 0.00000169. The van der Waals surface area contributed by atoms with Gasteiger partial charge in [-0.2, -0.15) is 0 Å². The normalized spacial score (nSPS) is 20.2. The van der Waals surface area contributed by atoms with Crippen LogP contribution >= 0.6 is 24.8 Å². The predicted molar refractivity (Wildman–Crippen MR) is 110 cm³/mol. The SMILES string of the molecule is CCOc1ccc(CN2CCN(C(=O)CC3CCCN3)CC2)cc1.Cl.Cl. The number of rotatable bonds is 6. The van der Waals surface area contributed by atoms with Gasteiger partial charge in [0.25, 0.3) is 0 Å². The van der Waals surface area contributed by atoms with Gasteiger partial charge in [-0.25, -0.2) is 0 Å². The van der Waals surface area contributed by atoms with E-state index in [1.165, 1.54) is 12.0 Å². The third-order valence-corrected chi connectivity index (χ3v) is 4.95. The van der Waals surface area contributed by atoms with Gasteiger partial charge in [-0.3, -0.25) is 9.69 Å². The lowest BCUT2D eigenvalue weighted by Gasteiger charge is -2.35. The molecule has 2 aliphatic rings. The summed E-state index contributed by atoms with van der Waals surface area (Å²) < 4.78 is 5.48. The van der Waals surface area contributed by atoms with Gasteiger partial charge in [-0.1, -0.05) is 12.1 Å². The molecule has 2 fully saturated rings. The van der Waals surface area contributed by atoms with Crippen molar-refractivity contribution in [2.24, 2.45) is 0 Å². The Kier molecular flexibility index (Phi) is 10.3. The van der Waals surface area contributed by atoms with E-state index in [0.717, 1.165) is 51.4 Å². The van der Waals surface area contributed by atoms with E-state index in [4.69, 9.17) is 4.74 Å². The number of carbonyl (C=O) groups is 1. The number of halogens is 2. The lowest BCUT2D eigenvalue weighted by Crippen LogP contribution is -2.49. The van der Waals surface area contributed by atoms with Gasteiger partial charge in [-0.15, -0.1) is 24.8 Å². The molecule has 7 heteroatoms. The molecule has 0 aliphatic carbocycles. The second-order valence-electron chi connectivity index (χ2n) is 6.73. The van der Waals surface area contributed by atoms with Crippen molar-refractivity contribution in [3.05, 3.63) is 29.8 Å². The molecule has 0 aromatic heterocycles. The Morgan fingerprint density at radius 1 is 1.15 bits per heavy atom. The quantitative estimate of drug-likeness (QED) is 0.792. The van der Waals surface area contributed by atoms with Crippen molar-refractivity contribution in [2.45, 2.75) is 38.8 Å². The first-order valence-electron chi connectivity index (χ1n) is 9.20. The van der Waals surface area contributed by atoms with Crippen LogP contribution in [0.25, 0.3) is 0 Å². The molecule has 148 valence electrons. The van der Waals surface area contributed by atoms with Gasteiger partial charge in [0, 0.05) is 45.2 Å². The molecule has 26 heavy (non-hydrogen) atoms. The van der Waals surface area contributed by atoms with Crippen LogP contribution in [0.3, 0.4) is 0 Å². The summed E-state index contributed by atoms with van der Waals surface area (Å²) in [5, 5.41) is 3.41. The first-order valence-corrected chi connectivity index (χ1v) is 9.20. The van der Waals surface area contributed by atoms with E-state index in [0.29, 0.717) is 25.0 Å². The van der Waals surface area contributed by atoms with Gasteiger partial charge in [0.2, 0.25) is 5.91 Å². The molecule has 1 unspecified atom stereocenters. The molecule has 5 nitrogen and oxygen atoms in total. The van der Waals surface area contributed by atoms with Crippen molar-refractivity contribution < 1.29 is 9.53 Å². The van der Waals surface area contributed by atoms with Gasteiger partial charge in [-0.05, 0) is 44.0 Å². The van der Waals surface area contributed by atoms with Crippen molar-refractivity contribution in [3.8, 4) is 5.75 Å². The predicted octanol–water partition coefficient (Wildman–Crippen LogP) is 2.72. The molecule has 0 saturated carbocycles. The zero-order chi connectivity index (χ0) is 16.8. The number of piperazine rings is 1. The van der Waals surface area contributed by atoms with Crippen LogP contribution in [-0.4, -0.2) is 61.1 Å². The maximum absolute atomic E-state index is 12.4. The molecule has 0 spiro atoms. The molecule has 1 amide bonds. The molecular formula is C19H31Cl2N3O2. The van der Waals surface area contributed by atoms with Crippen LogP contribution in [0.5, 0.6) is 5.75 Å². The van der Waals surface area contributed by atoms with E-state index >= 15 is 0 Å². The van der Waals surface area contributed by atoms with Gasteiger partial charge >= 0.3 is 0 Å². The smallest absolute Gasteiger partial charge is 0.224 e. The lowest BCUT2D eigenvalue weighted by atomic mass is 10.1. The molecule has 1 aromatic rings. The van der Waals surface area contributed by atoms with Crippen LogP contribution in [0.1, 0.15) is 31.7 Å². The highest BCUT2D eigenvalue weighted by Crippen LogP contribution is 2.16. The highest BCUT2D eigenvalue weighted by Gasteiger charge is 2.24. The zero-order valence-electron chi connectivity index (χ0n) is 15.5. The zero-order valence-corrected chi connectivity index (χ0v) is 17.1. The first kappa shape index (κ1) is 23.0. The third kappa shape index (κ3) is 6.62. The minimum Gasteiger partial charge on any atom is -0.494 e. The summed E-state index contributed by atoms with van der Waals surface area (Å²) >= 11 is 0. The van der Waals surface area contributed by atoms with Crippen LogP contribution in [0.4, 0.5) is 0 Å². The number of hydrogen-bond acceptors (Lipinski definition) is 4. The summed E-state index contributed by atoms with van der Waals surface area (Å²) in [6, 6.07) is 8.74. The molecular weight excluding hydrogens is 373 g/mol. The molecule has 0 radical (unpaired) electrons. The minimum atomic E-state index is 0. The second-order valence-corrected chi connectivity index (χ2v) is 6.73. The molecule has 2 heterocycles. The highest BCUT2D eigenvalue weighted by molar-refractivity contribution is 5.85. The van der Waals surface area contributed by atoms with E-state index in [1.807, 2.05) is 24.0 Å². The van der Waals surface area contributed by atoms with Crippen LogP contribution in [0.2, 0.25) is 0 Å². The Hall–Kier alpha value is -1.01. The molecule has 2 saturated heterocycles. The Bertz CT molecular complexity index is 528. The van der Waals surface area contributed by atoms with Crippen LogP contribution < -0.4 is 10.1 Å². The number of amides is 1. The van der Waals surface area contributed by atoms with Crippen molar-refractivity contribution >= 4 is 30.7 Å². The summed E-state index contributed by atoms with van der Waals surface area (Å²) in [5.41, 5.74) is 1.30. The van der Waals surface area contributed by atoms with E-state index in [1.54, 1.807) is 0 Å². The van der Waals surface area contributed by atoms with Crippen LogP contribution in [0.15, 0.2) is 24.3 Å². The molecule has 1 aromatic carbocycles. The molecule has 0 bridgehead atoms. The Morgan fingerprint density at radius 3 is 2.42 bits per heavy atom. The Morgan fingerprint density at radius 2 is 1.85 bits per heavy atom. The van der Waals surface area contributed by atoms with Crippen LogP contribution in [-0.2, 0) is 11.3 Å². The first-order chi connectivity index (χ1) is 11.7. The molecule has 2 aliphatic heterocycles. The minimum absolute atomic E-state index is 0. The summed E-state index contributed by atoms with van der Waals surface area (Å²) in [6.07, 6.45) is 3.01. The monoisotopic (exact) mass is 403 g/mol. The highest BCUT2D eigenvalue weighted by atomic mass is 35.5. The maximum Gasteiger partial charge on any atom is 0.224 e. The van der Waals surface area contributed by atoms with Crippen molar-refractivity contribution in [3.63, 3.8) is 0 Å². The standard InChI is InChI=1S/C19H29N3O2.2ClH/c1-2-24-18-7-5-16(6-8-18)15-21-10-12-22(13-11-21)19(23)14-17-4-3-9-20-17;;/h5-8,17,20H,2-4,9-15H2,1H3;2*1H. The number of benzene rings is 1. The summed E-state index contributed by atoms with van der Waals surface area (Å²) in [7, 11) is 0. The topological polar surface area (TPSA) is 44.8 Å².